The highest BCUT2D eigenvalue weighted by Crippen LogP contribution is 2.01. The summed E-state index contributed by atoms with van der Waals surface area (Å²) in [6, 6.07) is 0. The Morgan fingerprint density at radius 2 is 2.20 bits per heavy atom. The molecule has 0 aliphatic rings. The molecule has 0 aromatic rings. The fourth-order valence-electron chi connectivity index (χ4n) is 0.800. The van der Waals surface area contributed by atoms with Crippen molar-refractivity contribution < 1.29 is 9.84 Å². The molecule has 0 aromatic carbocycles. The van der Waals surface area contributed by atoms with Gasteiger partial charge in [0.1, 0.15) is 0 Å². The van der Waals surface area contributed by atoms with Crippen molar-refractivity contribution in [2.45, 2.75) is 25.4 Å². The zero-order chi connectivity index (χ0) is 7.82. The van der Waals surface area contributed by atoms with Crippen LogP contribution in [-0.2, 0) is 4.74 Å². The molecule has 0 spiro atoms. The van der Waals surface area contributed by atoms with Crippen molar-refractivity contribution in [3.63, 3.8) is 0 Å². The molecule has 0 aromatic heterocycles. The minimum atomic E-state index is 0.00606. The standard InChI is InChI=1S/C7H17NO2/c1-10-7(6-9)4-2-3-5-8/h7,9H,2-6,8H2,1H3. The fourth-order valence-corrected chi connectivity index (χ4v) is 0.800. The van der Waals surface area contributed by atoms with Gasteiger partial charge >= 0.3 is 0 Å². The van der Waals surface area contributed by atoms with Gasteiger partial charge in [0.2, 0.25) is 0 Å². The van der Waals surface area contributed by atoms with Gasteiger partial charge < -0.3 is 15.6 Å². The van der Waals surface area contributed by atoms with E-state index < -0.39 is 0 Å². The average molecular weight is 147 g/mol. The van der Waals surface area contributed by atoms with E-state index in [1.807, 2.05) is 0 Å². The Hall–Kier alpha value is -0.120. The van der Waals surface area contributed by atoms with Gasteiger partial charge in [-0.3, -0.25) is 0 Å². The Balaban J connectivity index is 3.09. The van der Waals surface area contributed by atoms with Crippen LogP contribution >= 0.6 is 0 Å². The van der Waals surface area contributed by atoms with Crippen molar-refractivity contribution in [1.29, 1.82) is 0 Å². The highest BCUT2D eigenvalue weighted by atomic mass is 16.5. The van der Waals surface area contributed by atoms with Crippen LogP contribution in [0, 0.1) is 0 Å². The highest BCUT2D eigenvalue weighted by molar-refractivity contribution is 4.54. The second-order valence-electron chi connectivity index (χ2n) is 2.32. The second-order valence-corrected chi connectivity index (χ2v) is 2.32. The molecule has 0 heterocycles. The largest absolute Gasteiger partial charge is 0.394 e. The smallest absolute Gasteiger partial charge is 0.0802 e. The number of aliphatic hydroxyl groups is 1. The Kier molecular flexibility index (Phi) is 6.91. The first-order chi connectivity index (χ1) is 4.85. The summed E-state index contributed by atoms with van der Waals surface area (Å²) in [5.74, 6) is 0. The minimum absolute atomic E-state index is 0.00606. The number of hydrogen-bond donors (Lipinski definition) is 2. The summed E-state index contributed by atoms with van der Waals surface area (Å²) in [6.45, 7) is 0.836. The first-order valence-corrected chi connectivity index (χ1v) is 3.68. The predicted octanol–water partition coefficient (Wildman–Crippen LogP) is 0.123. The Bertz CT molecular complexity index is 64.6. The van der Waals surface area contributed by atoms with Crippen molar-refractivity contribution in [2.75, 3.05) is 20.3 Å². The van der Waals surface area contributed by atoms with Gasteiger partial charge in [0, 0.05) is 7.11 Å². The highest BCUT2D eigenvalue weighted by Gasteiger charge is 2.02. The third-order valence-electron chi connectivity index (χ3n) is 1.52. The van der Waals surface area contributed by atoms with Gasteiger partial charge in [-0.05, 0) is 25.8 Å². The maximum absolute atomic E-state index is 8.67. The van der Waals surface area contributed by atoms with E-state index >= 15 is 0 Å². The van der Waals surface area contributed by atoms with Crippen LogP contribution in [0.3, 0.4) is 0 Å². The molecule has 62 valence electrons. The van der Waals surface area contributed by atoms with Crippen molar-refractivity contribution >= 4 is 0 Å². The Labute approximate surface area is 62.2 Å². The third kappa shape index (κ3) is 4.73. The van der Waals surface area contributed by atoms with Gasteiger partial charge in [-0.25, -0.2) is 0 Å². The Morgan fingerprint density at radius 1 is 1.50 bits per heavy atom. The fraction of sp³-hybridized carbons (Fsp3) is 1.00. The van der Waals surface area contributed by atoms with Gasteiger partial charge in [-0.2, -0.15) is 0 Å². The van der Waals surface area contributed by atoms with E-state index in [1.165, 1.54) is 0 Å². The van der Waals surface area contributed by atoms with Crippen LogP contribution in [0.4, 0.5) is 0 Å². The van der Waals surface area contributed by atoms with Crippen LogP contribution in [0.15, 0.2) is 0 Å². The molecule has 0 rings (SSSR count). The van der Waals surface area contributed by atoms with Gasteiger partial charge in [0.15, 0.2) is 0 Å². The van der Waals surface area contributed by atoms with Crippen molar-refractivity contribution in [3.05, 3.63) is 0 Å². The van der Waals surface area contributed by atoms with Gasteiger partial charge in [0.25, 0.3) is 0 Å². The number of ether oxygens (including phenoxy) is 1. The summed E-state index contributed by atoms with van der Waals surface area (Å²) in [4.78, 5) is 0. The summed E-state index contributed by atoms with van der Waals surface area (Å²) in [5, 5.41) is 8.67. The van der Waals surface area contributed by atoms with Crippen molar-refractivity contribution in [3.8, 4) is 0 Å². The molecular formula is C7H17NO2. The topological polar surface area (TPSA) is 55.5 Å². The first kappa shape index (κ1) is 9.88. The van der Waals surface area contributed by atoms with E-state index in [-0.39, 0.29) is 12.7 Å². The maximum atomic E-state index is 8.67. The molecule has 3 nitrogen and oxygen atoms in total. The lowest BCUT2D eigenvalue weighted by molar-refractivity contribution is 0.0417. The van der Waals surface area contributed by atoms with Crippen molar-refractivity contribution in [2.24, 2.45) is 5.73 Å². The van der Waals surface area contributed by atoms with E-state index in [2.05, 4.69) is 0 Å². The molecule has 1 atom stereocenters. The molecular weight excluding hydrogens is 130 g/mol. The molecule has 10 heavy (non-hydrogen) atoms. The maximum Gasteiger partial charge on any atom is 0.0802 e. The molecule has 0 aliphatic carbocycles. The zero-order valence-electron chi connectivity index (χ0n) is 6.55. The average Bonchev–Trinajstić information content (AvgIpc) is 1.99. The predicted molar refractivity (Wildman–Crippen MR) is 40.8 cm³/mol. The molecule has 0 bridgehead atoms. The van der Waals surface area contributed by atoms with Crippen LogP contribution in [0.1, 0.15) is 19.3 Å². The first-order valence-electron chi connectivity index (χ1n) is 3.68. The normalized spacial score (nSPS) is 13.5. The molecule has 3 N–H and O–H groups in total. The van der Waals surface area contributed by atoms with E-state index in [1.54, 1.807) is 7.11 Å². The third-order valence-corrected chi connectivity index (χ3v) is 1.52. The summed E-state index contributed by atoms with van der Waals surface area (Å²) in [7, 11) is 1.61. The van der Waals surface area contributed by atoms with Gasteiger partial charge in [0.05, 0.1) is 12.7 Å². The van der Waals surface area contributed by atoms with E-state index in [4.69, 9.17) is 15.6 Å². The summed E-state index contributed by atoms with van der Waals surface area (Å²) < 4.78 is 4.96. The summed E-state index contributed by atoms with van der Waals surface area (Å²) in [5.41, 5.74) is 5.29. The summed E-state index contributed by atoms with van der Waals surface area (Å²) >= 11 is 0. The molecule has 0 radical (unpaired) electrons. The lowest BCUT2D eigenvalue weighted by Gasteiger charge is -2.10. The number of hydrogen-bond acceptors (Lipinski definition) is 3. The van der Waals surface area contributed by atoms with Crippen molar-refractivity contribution in [1.82, 2.24) is 0 Å². The van der Waals surface area contributed by atoms with Crippen LogP contribution in [0.25, 0.3) is 0 Å². The Morgan fingerprint density at radius 3 is 2.60 bits per heavy atom. The van der Waals surface area contributed by atoms with Crippen LogP contribution in [0.2, 0.25) is 0 Å². The SMILES string of the molecule is COC(CO)CCCCN. The van der Waals surface area contributed by atoms with Gasteiger partial charge in [-0.1, -0.05) is 0 Å². The number of unbranched alkanes of at least 4 members (excludes halogenated alkanes) is 1. The minimum Gasteiger partial charge on any atom is -0.394 e. The van der Waals surface area contributed by atoms with Crippen LogP contribution in [-0.4, -0.2) is 31.5 Å². The molecule has 0 saturated heterocycles. The number of rotatable bonds is 6. The summed E-state index contributed by atoms with van der Waals surface area (Å²) in [6.07, 6.45) is 2.96. The zero-order valence-corrected chi connectivity index (χ0v) is 6.55. The lowest BCUT2D eigenvalue weighted by Crippen LogP contribution is -2.15. The number of aliphatic hydroxyl groups excluding tert-OH is 1. The second kappa shape index (κ2) is 6.99. The number of methoxy groups -OCH3 is 1. The molecule has 3 heteroatoms. The van der Waals surface area contributed by atoms with Crippen LogP contribution in [0.5, 0.6) is 0 Å². The molecule has 0 saturated carbocycles. The van der Waals surface area contributed by atoms with E-state index in [0.29, 0.717) is 0 Å². The molecule has 1 unspecified atom stereocenters. The number of nitrogens with two attached hydrogens (primary N) is 1. The molecule has 0 aliphatic heterocycles. The van der Waals surface area contributed by atoms with Crippen LogP contribution < -0.4 is 5.73 Å². The molecule has 0 fully saturated rings. The molecule has 0 amide bonds. The van der Waals surface area contributed by atoms with E-state index in [0.717, 1.165) is 25.8 Å². The quantitative estimate of drug-likeness (QED) is 0.525. The monoisotopic (exact) mass is 147 g/mol. The van der Waals surface area contributed by atoms with Gasteiger partial charge in [-0.15, -0.1) is 0 Å². The lowest BCUT2D eigenvalue weighted by atomic mass is 10.1. The van der Waals surface area contributed by atoms with E-state index in [9.17, 15) is 0 Å².